The van der Waals surface area contributed by atoms with Crippen molar-refractivity contribution in [3.05, 3.63) is 29.3 Å². The average molecular weight is 288 g/mol. The third-order valence-corrected chi connectivity index (χ3v) is 5.24. The molecule has 2 fully saturated rings. The number of hydrogen-bond donors (Lipinski definition) is 3. The summed E-state index contributed by atoms with van der Waals surface area (Å²) < 4.78 is 0. The van der Waals surface area contributed by atoms with Gasteiger partial charge in [-0.15, -0.1) is 0 Å². The Morgan fingerprint density at radius 2 is 2.05 bits per heavy atom. The van der Waals surface area contributed by atoms with Gasteiger partial charge in [-0.25, -0.2) is 4.79 Å². The number of hydrogen-bond acceptors (Lipinski definition) is 2. The molecule has 0 radical (unpaired) electrons. The molecule has 3 N–H and O–H groups in total. The van der Waals surface area contributed by atoms with Gasteiger partial charge in [-0.3, -0.25) is 0 Å². The van der Waals surface area contributed by atoms with Gasteiger partial charge in [0.05, 0.1) is 0 Å². The molecule has 1 aromatic carbocycles. The highest BCUT2D eigenvalue weighted by Gasteiger charge is 2.47. The molecule has 3 rings (SSSR count). The van der Waals surface area contributed by atoms with E-state index in [9.17, 15) is 9.90 Å². The molecule has 4 heteroatoms. The van der Waals surface area contributed by atoms with Crippen molar-refractivity contribution in [3.8, 4) is 0 Å². The molecular formula is C17H24N2O2. The molecule has 2 saturated carbocycles. The highest BCUT2D eigenvalue weighted by Crippen LogP contribution is 2.48. The van der Waals surface area contributed by atoms with Crippen molar-refractivity contribution in [3.63, 3.8) is 0 Å². The van der Waals surface area contributed by atoms with E-state index in [1.165, 1.54) is 12.8 Å². The first-order chi connectivity index (χ1) is 10.1. The zero-order chi connectivity index (χ0) is 15.0. The Morgan fingerprint density at radius 3 is 2.81 bits per heavy atom. The molecule has 4 nitrogen and oxygen atoms in total. The Kier molecular flexibility index (Phi) is 3.89. The van der Waals surface area contributed by atoms with Crippen molar-refractivity contribution in [1.82, 2.24) is 5.32 Å². The van der Waals surface area contributed by atoms with Gasteiger partial charge in [0, 0.05) is 24.3 Å². The molecule has 0 aromatic heterocycles. The molecule has 2 aliphatic carbocycles. The molecule has 4 atom stereocenters. The number of aliphatic hydroxyl groups excluding tert-OH is 1. The van der Waals surface area contributed by atoms with Crippen LogP contribution in [0.25, 0.3) is 0 Å². The standard InChI is InChI=1S/C17H24N2O2/c1-10-3-4-11(2)15(7-10)18-17(21)19-16-13-6-5-12(8-13)14(16)9-20/h3-4,7,12-14,16,20H,5-6,8-9H2,1-2H3,(H2,18,19,21). The maximum atomic E-state index is 12.3. The third-order valence-electron chi connectivity index (χ3n) is 5.24. The monoisotopic (exact) mass is 288 g/mol. The molecule has 0 heterocycles. The smallest absolute Gasteiger partial charge is 0.319 e. The highest BCUT2D eigenvalue weighted by atomic mass is 16.3. The van der Waals surface area contributed by atoms with E-state index in [1.807, 2.05) is 32.0 Å². The number of carbonyl (C=O) groups excluding carboxylic acids is 1. The summed E-state index contributed by atoms with van der Waals surface area (Å²) in [6, 6.07) is 6.01. The van der Waals surface area contributed by atoms with E-state index in [0.29, 0.717) is 11.8 Å². The number of anilines is 1. The highest BCUT2D eigenvalue weighted by molar-refractivity contribution is 5.90. The molecular weight excluding hydrogens is 264 g/mol. The molecule has 0 spiro atoms. The summed E-state index contributed by atoms with van der Waals surface area (Å²) in [4.78, 5) is 12.3. The number of fused-ring (bicyclic) bond motifs is 2. The Hall–Kier alpha value is -1.55. The van der Waals surface area contributed by atoms with Gasteiger partial charge in [0.2, 0.25) is 0 Å². The van der Waals surface area contributed by atoms with Gasteiger partial charge in [-0.2, -0.15) is 0 Å². The van der Waals surface area contributed by atoms with Crippen LogP contribution in [-0.4, -0.2) is 23.8 Å². The lowest BCUT2D eigenvalue weighted by Gasteiger charge is -2.30. The van der Waals surface area contributed by atoms with Gasteiger partial charge in [-0.1, -0.05) is 12.1 Å². The summed E-state index contributed by atoms with van der Waals surface area (Å²) in [6.45, 7) is 4.18. The molecule has 21 heavy (non-hydrogen) atoms. The van der Waals surface area contributed by atoms with Gasteiger partial charge < -0.3 is 15.7 Å². The molecule has 0 aliphatic heterocycles. The fourth-order valence-corrected chi connectivity index (χ4v) is 4.08. The van der Waals surface area contributed by atoms with Crippen LogP contribution in [0.15, 0.2) is 18.2 Å². The quantitative estimate of drug-likeness (QED) is 0.801. The van der Waals surface area contributed by atoms with Crippen molar-refractivity contribution in [2.24, 2.45) is 17.8 Å². The fourth-order valence-electron chi connectivity index (χ4n) is 4.08. The van der Waals surface area contributed by atoms with Gasteiger partial charge in [0.1, 0.15) is 0 Å². The van der Waals surface area contributed by atoms with E-state index in [1.54, 1.807) is 0 Å². The Bertz CT molecular complexity index is 544. The van der Waals surface area contributed by atoms with Gasteiger partial charge >= 0.3 is 6.03 Å². The van der Waals surface area contributed by atoms with Crippen molar-refractivity contribution >= 4 is 11.7 Å². The first-order valence-corrected chi connectivity index (χ1v) is 7.84. The predicted octanol–water partition coefficient (Wildman–Crippen LogP) is 2.83. The second kappa shape index (κ2) is 5.68. The zero-order valence-electron chi connectivity index (χ0n) is 12.7. The number of benzene rings is 1. The lowest BCUT2D eigenvalue weighted by molar-refractivity contribution is 0.146. The lowest BCUT2D eigenvalue weighted by Crippen LogP contribution is -2.46. The number of nitrogens with one attached hydrogen (secondary N) is 2. The molecule has 2 bridgehead atoms. The Labute approximate surface area is 125 Å². The van der Waals surface area contributed by atoms with Crippen LogP contribution < -0.4 is 10.6 Å². The van der Waals surface area contributed by atoms with E-state index < -0.39 is 0 Å². The zero-order valence-corrected chi connectivity index (χ0v) is 12.7. The predicted molar refractivity (Wildman–Crippen MR) is 83.3 cm³/mol. The fraction of sp³-hybridized carbons (Fsp3) is 0.588. The first-order valence-electron chi connectivity index (χ1n) is 7.84. The van der Waals surface area contributed by atoms with Crippen LogP contribution >= 0.6 is 0 Å². The summed E-state index contributed by atoms with van der Waals surface area (Å²) in [5.74, 6) is 1.36. The average Bonchev–Trinajstić information content (AvgIpc) is 3.03. The summed E-state index contributed by atoms with van der Waals surface area (Å²) in [5.41, 5.74) is 3.04. The van der Waals surface area contributed by atoms with E-state index in [2.05, 4.69) is 10.6 Å². The maximum absolute atomic E-state index is 12.3. The number of amides is 2. The SMILES string of the molecule is Cc1ccc(C)c(NC(=O)NC2C3CCC(C3)C2CO)c1. The van der Waals surface area contributed by atoms with Crippen LogP contribution in [0.4, 0.5) is 10.5 Å². The summed E-state index contributed by atoms with van der Waals surface area (Å²) in [6.07, 6.45) is 3.53. The van der Waals surface area contributed by atoms with E-state index in [-0.39, 0.29) is 24.6 Å². The number of carbonyl (C=O) groups is 1. The van der Waals surface area contributed by atoms with Crippen molar-refractivity contribution in [2.75, 3.05) is 11.9 Å². The third kappa shape index (κ3) is 2.77. The van der Waals surface area contributed by atoms with Crippen LogP contribution in [-0.2, 0) is 0 Å². The maximum Gasteiger partial charge on any atom is 0.319 e. The molecule has 2 aliphatic rings. The molecule has 1 aromatic rings. The Balaban J connectivity index is 1.65. The largest absolute Gasteiger partial charge is 0.396 e. The van der Waals surface area contributed by atoms with Gasteiger partial charge in [0.15, 0.2) is 0 Å². The van der Waals surface area contributed by atoms with Crippen LogP contribution in [0.3, 0.4) is 0 Å². The molecule has 0 saturated heterocycles. The van der Waals surface area contributed by atoms with Crippen LogP contribution in [0.1, 0.15) is 30.4 Å². The van der Waals surface area contributed by atoms with E-state index >= 15 is 0 Å². The molecule has 4 unspecified atom stereocenters. The van der Waals surface area contributed by atoms with Crippen molar-refractivity contribution < 1.29 is 9.90 Å². The van der Waals surface area contributed by atoms with Crippen LogP contribution in [0.2, 0.25) is 0 Å². The number of aliphatic hydroxyl groups is 1. The van der Waals surface area contributed by atoms with Gasteiger partial charge in [-0.05, 0) is 62.1 Å². The number of rotatable bonds is 3. The van der Waals surface area contributed by atoms with Crippen molar-refractivity contribution in [1.29, 1.82) is 0 Å². The van der Waals surface area contributed by atoms with Gasteiger partial charge in [0.25, 0.3) is 0 Å². The normalized spacial score (nSPS) is 30.4. The van der Waals surface area contributed by atoms with Crippen LogP contribution in [0, 0.1) is 31.6 Å². The van der Waals surface area contributed by atoms with E-state index in [0.717, 1.165) is 23.2 Å². The summed E-state index contributed by atoms with van der Waals surface area (Å²) in [5, 5.41) is 15.6. The second-order valence-corrected chi connectivity index (χ2v) is 6.62. The molecule has 114 valence electrons. The summed E-state index contributed by atoms with van der Waals surface area (Å²) >= 11 is 0. The topological polar surface area (TPSA) is 61.4 Å². The van der Waals surface area contributed by atoms with E-state index in [4.69, 9.17) is 0 Å². The minimum absolute atomic E-state index is 0.124. The van der Waals surface area contributed by atoms with Crippen LogP contribution in [0.5, 0.6) is 0 Å². The molecule has 2 amide bonds. The first kappa shape index (κ1) is 14.4. The minimum Gasteiger partial charge on any atom is -0.396 e. The Morgan fingerprint density at radius 1 is 1.29 bits per heavy atom. The minimum atomic E-state index is -0.153. The van der Waals surface area contributed by atoms with Crippen molar-refractivity contribution in [2.45, 2.75) is 39.2 Å². The number of aryl methyl sites for hydroxylation is 2. The lowest BCUT2D eigenvalue weighted by atomic mass is 9.85. The number of urea groups is 1. The summed E-state index contributed by atoms with van der Waals surface area (Å²) in [7, 11) is 0. The second-order valence-electron chi connectivity index (χ2n) is 6.62.